The van der Waals surface area contributed by atoms with Gasteiger partial charge in [-0.2, -0.15) is 0 Å². The molecule has 0 aromatic heterocycles. The molecular formula is C26H18O5. The standard InChI is InChI=1S/C26H18O5/c1-16-19(13-18-9-5-6-10-22(18)29-16)14-24-25(27)21-12-11-20(15-23(21)31-24)30-26(28)17-7-3-2-4-8-17/h2-16H,1H3/t16-/m1/s1. The van der Waals surface area contributed by atoms with Crippen molar-refractivity contribution in [3.63, 3.8) is 0 Å². The van der Waals surface area contributed by atoms with Crippen LogP contribution in [-0.2, 0) is 0 Å². The van der Waals surface area contributed by atoms with E-state index in [2.05, 4.69) is 0 Å². The lowest BCUT2D eigenvalue weighted by Crippen LogP contribution is -2.18. The minimum Gasteiger partial charge on any atom is -0.485 e. The minimum absolute atomic E-state index is 0.211. The second kappa shape index (κ2) is 7.61. The second-order valence-corrected chi connectivity index (χ2v) is 7.30. The Bertz CT molecular complexity index is 1250. The zero-order valence-electron chi connectivity index (χ0n) is 16.7. The quantitative estimate of drug-likeness (QED) is 0.336. The number of hydrogen-bond acceptors (Lipinski definition) is 5. The molecular weight excluding hydrogens is 392 g/mol. The minimum atomic E-state index is -0.474. The number of rotatable bonds is 3. The van der Waals surface area contributed by atoms with Crippen molar-refractivity contribution in [1.29, 1.82) is 0 Å². The number of para-hydroxylation sites is 1. The van der Waals surface area contributed by atoms with Gasteiger partial charge in [0.2, 0.25) is 5.78 Å². The number of hydrogen-bond donors (Lipinski definition) is 0. The van der Waals surface area contributed by atoms with E-state index < -0.39 is 5.97 Å². The van der Waals surface area contributed by atoms with E-state index in [0.717, 1.165) is 16.9 Å². The van der Waals surface area contributed by atoms with Gasteiger partial charge in [0.1, 0.15) is 23.4 Å². The maximum Gasteiger partial charge on any atom is 0.343 e. The summed E-state index contributed by atoms with van der Waals surface area (Å²) in [7, 11) is 0. The molecule has 0 aliphatic carbocycles. The highest BCUT2D eigenvalue weighted by Crippen LogP contribution is 2.36. The zero-order valence-corrected chi connectivity index (χ0v) is 16.7. The van der Waals surface area contributed by atoms with Crippen molar-refractivity contribution in [2.75, 3.05) is 0 Å². The molecule has 1 atom stereocenters. The van der Waals surface area contributed by atoms with E-state index in [9.17, 15) is 9.59 Å². The number of ether oxygens (including phenoxy) is 3. The molecule has 2 aliphatic rings. The van der Waals surface area contributed by atoms with Gasteiger partial charge in [0, 0.05) is 11.6 Å². The number of Topliss-reactive ketones (excluding diaryl/α,β-unsaturated/α-hetero) is 1. The summed E-state index contributed by atoms with van der Waals surface area (Å²) >= 11 is 0. The summed E-state index contributed by atoms with van der Waals surface area (Å²) in [5.41, 5.74) is 2.66. The van der Waals surface area contributed by atoms with Crippen LogP contribution in [0.5, 0.6) is 17.2 Å². The normalized spacial score (nSPS) is 17.8. The maximum atomic E-state index is 12.8. The molecule has 0 N–H and O–H groups in total. The molecule has 3 aromatic rings. The Hall–Kier alpha value is -4.12. The molecule has 2 aliphatic heterocycles. The Morgan fingerprint density at radius 1 is 0.968 bits per heavy atom. The molecule has 31 heavy (non-hydrogen) atoms. The second-order valence-electron chi connectivity index (χ2n) is 7.30. The summed E-state index contributed by atoms with van der Waals surface area (Å²) in [4.78, 5) is 25.1. The largest absolute Gasteiger partial charge is 0.485 e. The van der Waals surface area contributed by atoms with Gasteiger partial charge >= 0.3 is 5.97 Å². The molecule has 5 heteroatoms. The smallest absolute Gasteiger partial charge is 0.343 e. The first-order valence-corrected chi connectivity index (χ1v) is 9.91. The zero-order chi connectivity index (χ0) is 21.4. The number of allylic oxidation sites excluding steroid dienone is 1. The van der Waals surface area contributed by atoms with Gasteiger partial charge in [0.05, 0.1) is 11.1 Å². The molecule has 5 rings (SSSR count). The van der Waals surface area contributed by atoms with Crippen LogP contribution in [0.25, 0.3) is 6.08 Å². The molecule has 3 aromatic carbocycles. The summed E-state index contributed by atoms with van der Waals surface area (Å²) < 4.78 is 17.2. The van der Waals surface area contributed by atoms with Gasteiger partial charge in [-0.15, -0.1) is 0 Å². The van der Waals surface area contributed by atoms with Crippen LogP contribution in [0.3, 0.4) is 0 Å². The van der Waals surface area contributed by atoms with Crippen molar-refractivity contribution in [2.45, 2.75) is 13.0 Å². The average Bonchev–Trinajstić information content (AvgIpc) is 3.09. The predicted molar refractivity (Wildman–Crippen MR) is 115 cm³/mol. The Morgan fingerprint density at radius 2 is 1.74 bits per heavy atom. The fraction of sp³-hybridized carbons (Fsp3) is 0.0769. The van der Waals surface area contributed by atoms with Crippen molar-refractivity contribution in [3.8, 4) is 17.2 Å². The van der Waals surface area contributed by atoms with E-state index in [1.165, 1.54) is 0 Å². The van der Waals surface area contributed by atoms with Gasteiger partial charge < -0.3 is 14.2 Å². The van der Waals surface area contributed by atoms with Crippen LogP contribution >= 0.6 is 0 Å². The van der Waals surface area contributed by atoms with Crippen LogP contribution in [0.15, 0.2) is 90.2 Å². The van der Waals surface area contributed by atoms with Crippen LogP contribution in [0, 0.1) is 0 Å². The lowest BCUT2D eigenvalue weighted by Gasteiger charge is -2.22. The van der Waals surface area contributed by atoms with Crippen LogP contribution in [-0.4, -0.2) is 17.9 Å². The topological polar surface area (TPSA) is 61.8 Å². The number of benzene rings is 3. The van der Waals surface area contributed by atoms with Gasteiger partial charge in [-0.3, -0.25) is 4.79 Å². The third-order valence-electron chi connectivity index (χ3n) is 5.17. The van der Waals surface area contributed by atoms with E-state index in [-0.39, 0.29) is 17.6 Å². The molecule has 0 spiro atoms. The van der Waals surface area contributed by atoms with Gasteiger partial charge in [-0.1, -0.05) is 36.4 Å². The molecule has 5 nitrogen and oxygen atoms in total. The van der Waals surface area contributed by atoms with Crippen molar-refractivity contribution < 1.29 is 23.8 Å². The first-order chi connectivity index (χ1) is 15.1. The molecule has 0 saturated carbocycles. The fourth-order valence-electron chi connectivity index (χ4n) is 3.54. The third-order valence-corrected chi connectivity index (χ3v) is 5.17. The summed E-state index contributed by atoms with van der Waals surface area (Å²) in [6.45, 7) is 1.92. The van der Waals surface area contributed by atoms with Gasteiger partial charge in [0.15, 0.2) is 5.76 Å². The number of carbonyl (C=O) groups excluding carboxylic acids is 2. The predicted octanol–water partition coefficient (Wildman–Crippen LogP) is 5.23. The number of carbonyl (C=O) groups is 2. The molecule has 152 valence electrons. The lowest BCUT2D eigenvalue weighted by atomic mass is 10.0. The van der Waals surface area contributed by atoms with Gasteiger partial charge in [-0.25, -0.2) is 4.79 Å². The van der Waals surface area contributed by atoms with Crippen LogP contribution in [0.1, 0.15) is 33.2 Å². The number of esters is 1. The molecule has 0 saturated heterocycles. The lowest BCUT2D eigenvalue weighted by molar-refractivity contribution is 0.0734. The summed E-state index contributed by atoms with van der Waals surface area (Å²) in [6.07, 6.45) is 3.48. The van der Waals surface area contributed by atoms with Crippen LogP contribution in [0.4, 0.5) is 0 Å². The van der Waals surface area contributed by atoms with E-state index in [1.54, 1.807) is 48.5 Å². The van der Waals surface area contributed by atoms with Crippen molar-refractivity contribution in [3.05, 3.63) is 107 Å². The van der Waals surface area contributed by atoms with Crippen LogP contribution < -0.4 is 14.2 Å². The number of fused-ring (bicyclic) bond motifs is 2. The maximum absolute atomic E-state index is 12.8. The molecule has 0 radical (unpaired) electrons. The van der Waals surface area contributed by atoms with E-state index in [4.69, 9.17) is 14.2 Å². The SMILES string of the molecule is C[C@H]1Oc2ccccc2C=C1C=C1Oc2cc(OC(=O)c3ccccc3)ccc2C1=O. The van der Waals surface area contributed by atoms with Crippen molar-refractivity contribution >= 4 is 17.8 Å². The van der Waals surface area contributed by atoms with E-state index >= 15 is 0 Å². The highest BCUT2D eigenvalue weighted by molar-refractivity contribution is 6.12. The molecule has 2 heterocycles. The number of ketones is 1. The Morgan fingerprint density at radius 3 is 2.58 bits per heavy atom. The Labute approximate surface area is 179 Å². The molecule has 0 unspecified atom stereocenters. The molecule has 0 amide bonds. The Kier molecular flexibility index (Phi) is 4.64. The highest BCUT2D eigenvalue weighted by atomic mass is 16.5. The monoisotopic (exact) mass is 410 g/mol. The van der Waals surface area contributed by atoms with Crippen molar-refractivity contribution in [1.82, 2.24) is 0 Å². The van der Waals surface area contributed by atoms with Gasteiger partial charge in [-0.05, 0) is 55.0 Å². The van der Waals surface area contributed by atoms with E-state index in [0.29, 0.717) is 22.6 Å². The van der Waals surface area contributed by atoms with Crippen LogP contribution in [0.2, 0.25) is 0 Å². The highest BCUT2D eigenvalue weighted by Gasteiger charge is 2.29. The third kappa shape index (κ3) is 3.62. The molecule has 0 bridgehead atoms. The molecule has 0 fully saturated rings. The fourth-order valence-corrected chi connectivity index (χ4v) is 3.54. The summed E-state index contributed by atoms with van der Waals surface area (Å²) in [5, 5.41) is 0. The summed E-state index contributed by atoms with van der Waals surface area (Å²) in [5.74, 6) is 0.997. The van der Waals surface area contributed by atoms with E-state index in [1.807, 2.05) is 43.3 Å². The van der Waals surface area contributed by atoms with Gasteiger partial charge in [0.25, 0.3) is 0 Å². The van der Waals surface area contributed by atoms with Crippen molar-refractivity contribution in [2.24, 2.45) is 0 Å². The first-order valence-electron chi connectivity index (χ1n) is 9.91. The summed E-state index contributed by atoms with van der Waals surface area (Å²) in [6, 6.07) is 21.2. The first kappa shape index (κ1) is 18.9. The Balaban J connectivity index is 1.39. The average molecular weight is 410 g/mol.